The number of carboxylic acids is 1. The summed E-state index contributed by atoms with van der Waals surface area (Å²) in [6, 6.07) is 1.36. The Bertz CT molecular complexity index is 821. The Labute approximate surface area is 113 Å². The van der Waals surface area contributed by atoms with Crippen molar-refractivity contribution in [2.24, 2.45) is 0 Å². The molecule has 0 saturated heterocycles. The highest BCUT2D eigenvalue weighted by molar-refractivity contribution is 5.77. The van der Waals surface area contributed by atoms with Crippen molar-refractivity contribution in [3.8, 4) is 5.75 Å². The third kappa shape index (κ3) is 3.04. The minimum absolute atomic E-state index is 0.118. The van der Waals surface area contributed by atoms with Crippen LogP contribution in [0.2, 0.25) is 0 Å². The van der Waals surface area contributed by atoms with E-state index < -0.39 is 41.2 Å². The first kappa shape index (κ1) is 14.6. The Hall–Kier alpha value is -2.78. The Morgan fingerprint density at radius 1 is 1.14 bits per heavy atom. The highest BCUT2D eigenvalue weighted by atomic mass is 19.4. The number of aromatic amines is 2. The smallest absolute Gasteiger partial charge is 0.420 e. The molecule has 2 rings (SSSR count). The number of H-pyrrole nitrogens is 2. The summed E-state index contributed by atoms with van der Waals surface area (Å²) in [6.07, 6.45) is -4.82. The van der Waals surface area contributed by atoms with Gasteiger partial charge in [-0.05, 0) is 6.07 Å². The molecule has 1 heterocycles. The molecule has 0 radical (unpaired) electrons. The predicted molar refractivity (Wildman–Crippen MR) is 63.3 cm³/mol. The number of ether oxygens (including phenoxy) is 1. The zero-order valence-electron chi connectivity index (χ0n) is 10.1. The number of benzene rings is 1. The molecule has 3 N–H and O–H groups in total. The molecule has 0 unspecified atom stereocenters. The Morgan fingerprint density at radius 2 is 1.67 bits per heavy atom. The summed E-state index contributed by atoms with van der Waals surface area (Å²) in [6.45, 7) is -0.984. The predicted octanol–water partition coefficient (Wildman–Crippen LogP) is 0.699. The van der Waals surface area contributed by atoms with Crippen molar-refractivity contribution in [3.05, 3.63) is 38.4 Å². The van der Waals surface area contributed by atoms with Crippen molar-refractivity contribution in [3.63, 3.8) is 0 Å². The van der Waals surface area contributed by atoms with E-state index in [9.17, 15) is 27.6 Å². The van der Waals surface area contributed by atoms with Crippen LogP contribution >= 0.6 is 0 Å². The molecule has 0 amide bonds. The fourth-order valence-electron chi connectivity index (χ4n) is 1.63. The van der Waals surface area contributed by atoms with Crippen LogP contribution in [0.3, 0.4) is 0 Å². The summed E-state index contributed by atoms with van der Waals surface area (Å²) >= 11 is 0. The van der Waals surface area contributed by atoms with Gasteiger partial charge < -0.3 is 19.8 Å². The second-order valence-electron chi connectivity index (χ2n) is 3.98. The Kier molecular flexibility index (Phi) is 3.45. The van der Waals surface area contributed by atoms with Gasteiger partial charge in [-0.1, -0.05) is 0 Å². The number of hydrogen-bond acceptors (Lipinski definition) is 4. The van der Waals surface area contributed by atoms with Crippen molar-refractivity contribution in [1.29, 1.82) is 0 Å². The number of hydrogen-bond donors (Lipinski definition) is 3. The quantitative estimate of drug-likeness (QED) is 0.723. The van der Waals surface area contributed by atoms with Crippen molar-refractivity contribution in [2.45, 2.75) is 6.18 Å². The lowest BCUT2D eigenvalue weighted by Gasteiger charge is -2.13. The first-order chi connectivity index (χ1) is 9.68. The number of fused-ring (bicyclic) bond motifs is 1. The second-order valence-corrected chi connectivity index (χ2v) is 3.98. The van der Waals surface area contributed by atoms with E-state index in [4.69, 9.17) is 5.11 Å². The van der Waals surface area contributed by atoms with Gasteiger partial charge in [0.1, 0.15) is 5.75 Å². The topological polar surface area (TPSA) is 112 Å². The van der Waals surface area contributed by atoms with Crippen molar-refractivity contribution < 1.29 is 27.8 Å². The van der Waals surface area contributed by atoms with E-state index in [2.05, 4.69) is 9.72 Å². The number of nitrogens with one attached hydrogen (secondary N) is 2. The highest BCUT2D eigenvalue weighted by Crippen LogP contribution is 2.37. The summed E-state index contributed by atoms with van der Waals surface area (Å²) in [4.78, 5) is 36.7. The minimum atomic E-state index is -4.82. The number of alkyl halides is 3. The van der Waals surface area contributed by atoms with Gasteiger partial charge in [0, 0.05) is 6.07 Å². The number of carboxylic acid groups (broad SMARTS) is 1. The lowest BCUT2D eigenvalue weighted by molar-refractivity contribution is -0.143. The lowest BCUT2D eigenvalue weighted by atomic mass is 10.1. The van der Waals surface area contributed by atoms with Gasteiger partial charge in [0.25, 0.3) is 0 Å². The van der Waals surface area contributed by atoms with Gasteiger partial charge in [0.2, 0.25) is 0 Å². The number of carbonyl (C=O) groups is 1. The summed E-state index contributed by atoms with van der Waals surface area (Å²) in [5.74, 6) is -2.22. The molecule has 112 valence electrons. The molecule has 1 aromatic heterocycles. The van der Waals surface area contributed by atoms with Crippen LogP contribution in [0.25, 0.3) is 11.0 Å². The number of aliphatic carboxylic acids is 1. The molecular formula is C11H7F3N2O5. The van der Waals surface area contributed by atoms with Gasteiger partial charge in [-0.15, -0.1) is 0 Å². The first-order valence-corrected chi connectivity index (χ1v) is 5.40. The zero-order chi connectivity index (χ0) is 15.8. The number of rotatable bonds is 3. The molecule has 0 spiro atoms. The van der Waals surface area contributed by atoms with E-state index in [0.717, 1.165) is 6.07 Å². The van der Waals surface area contributed by atoms with Crippen LogP contribution in [0.1, 0.15) is 5.56 Å². The molecule has 0 aliphatic rings. The molecule has 0 fully saturated rings. The summed E-state index contributed by atoms with van der Waals surface area (Å²) in [7, 11) is 0. The van der Waals surface area contributed by atoms with Gasteiger partial charge in [-0.3, -0.25) is 9.59 Å². The molecule has 0 aliphatic heterocycles. The molecule has 7 nitrogen and oxygen atoms in total. The second kappa shape index (κ2) is 4.96. The molecule has 0 atom stereocenters. The number of aromatic nitrogens is 2. The molecule has 1 aromatic carbocycles. The molecule has 0 aliphatic carbocycles. The monoisotopic (exact) mass is 304 g/mol. The van der Waals surface area contributed by atoms with Crippen LogP contribution in [0, 0.1) is 0 Å². The third-order valence-corrected chi connectivity index (χ3v) is 2.48. The highest BCUT2D eigenvalue weighted by Gasteiger charge is 2.35. The Balaban J connectivity index is 2.68. The van der Waals surface area contributed by atoms with E-state index in [-0.39, 0.29) is 11.0 Å². The fourth-order valence-corrected chi connectivity index (χ4v) is 1.63. The van der Waals surface area contributed by atoms with Crippen LogP contribution in [0.15, 0.2) is 21.7 Å². The summed E-state index contributed by atoms with van der Waals surface area (Å²) in [5.41, 5.74) is -3.79. The van der Waals surface area contributed by atoms with Crippen LogP contribution in [-0.4, -0.2) is 27.7 Å². The maximum atomic E-state index is 12.9. The van der Waals surface area contributed by atoms with Gasteiger partial charge in [-0.2, -0.15) is 13.2 Å². The average Bonchev–Trinajstić information content (AvgIpc) is 2.35. The maximum Gasteiger partial charge on any atom is 0.420 e. The van der Waals surface area contributed by atoms with Gasteiger partial charge in [-0.25, -0.2) is 4.79 Å². The normalized spacial score (nSPS) is 11.6. The van der Waals surface area contributed by atoms with Crippen LogP contribution < -0.4 is 15.9 Å². The lowest BCUT2D eigenvalue weighted by Crippen LogP contribution is -2.29. The first-order valence-electron chi connectivity index (χ1n) is 5.40. The van der Waals surface area contributed by atoms with E-state index in [1.54, 1.807) is 0 Å². The van der Waals surface area contributed by atoms with E-state index in [1.165, 1.54) is 0 Å². The van der Waals surface area contributed by atoms with E-state index >= 15 is 0 Å². The zero-order valence-corrected chi connectivity index (χ0v) is 10.1. The molecule has 2 aromatic rings. The molecule has 21 heavy (non-hydrogen) atoms. The summed E-state index contributed by atoms with van der Waals surface area (Å²) in [5, 5.41) is 8.45. The fraction of sp³-hybridized carbons (Fsp3) is 0.182. The standard InChI is InChI=1S/C11H7F3N2O5/c12-11(13,14)4-1-5-6(16-10(20)9(19)15-5)2-7(4)21-3-8(17)18/h1-2H,3H2,(H,15,19)(H,16,20)(H,17,18). The Morgan fingerprint density at radius 3 is 2.14 bits per heavy atom. The van der Waals surface area contributed by atoms with Crippen LogP contribution in [-0.2, 0) is 11.0 Å². The van der Waals surface area contributed by atoms with Gasteiger partial charge in [0.05, 0.1) is 16.6 Å². The van der Waals surface area contributed by atoms with Gasteiger partial charge >= 0.3 is 23.3 Å². The van der Waals surface area contributed by atoms with Crippen molar-refractivity contribution in [2.75, 3.05) is 6.61 Å². The van der Waals surface area contributed by atoms with Crippen molar-refractivity contribution in [1.82, 2.24) is 9.97 Å². The number of halogens is 3. The molecule has 0 bridgehead atoms. The van der Waals surface area contributed by atoms with Gasteiger partial charge in [0.15, 0.2) is 6.61 Å². The van der Waals surface area contributed by atoms with Crippen LogP contribution in [0.5, 0.6) is 5.75 Å². The molecule has 0 saturated carbocycles. The van der Waals surface area contributed by atoms with Crippen LogP contribution in [0.4, 0.5) is 13.2 Å². The van der Waals surface area contributed by atoms with E-state index in [0.29, 0.717) is 6.07 Å². The van der Waals surface area contributed by atoms with Crippen molar-refractivity contribution >= 4 is 17.0 Å². The third-order valence-electron chi connectivity index (χ3n) is 2.48. The molecular weight excluding hydrogens is 297 g/mol. The maximum absolute atomic E-state index is 12.9. The average molecular weight is 304 g/mol. The molecule has 10 heteroatoms. The summed E-state index contributed by atoms with van der Waals surface area (Å²) < 4.78 is 43.2. The largest absolute Gasteiger partial charge is 0.481 e. The van der Waals surface area contributed by atoms with E-state index in [1.807, 2.05) is 4.98 Å². The minimum Gasteiger partial charge on any atom is -0.481 e. The SMILES string of the molecule is O=C(O)COc1cc2[nH]c(=O)c(=O)[nH]c2cc1C(F)(F)F.